The monoisotopic (exact) mass is 202 g/mol. The third kappa shape index (κ3) is 2.06. The van der Waals surface area contributed by atoms with Gasteiger partial charge in [0.15, 0.2) is 0 Å². The number of rotatable bonds is 2. The first-order valence-electron chi connectivity index (χ1n) is 2.79. The van der Waals surface area contributed by atoms with Gasteiger partial charge in [-0.15, -0.1) is 0 Å². The average molecular weight is 203 g/mol. The summed E-state index contributed by atoms with van der Waals surface area (Å²) >= 11 is 3.26. The molecule has 0 radical (unpaired) electrons. The molecule has 0 spiro atoms. The quantitative estimate of drug-likeness (QED) is 0.712. The summed E-state index contributed by atoms with van der Waals surface area (Å²) in [7, 11) is 0. The molecule has 0 aliphatic rings. The summed E-state index contributed by atoms with van der Waals surface area (Å²) in [6.07, 6.45) is 3.38. The molecule has 2 N–H and O–H groups in total. The molecule has 54 valence electrons. The number of pyridine rings is 1. The Balaban J connectivity index is 2.75. The van der Waals surface area contributed by atoms with Gasteiger partial charge in [0.2, 0.25) is 0 Å². The number of hydrogen-bond donors (Lipinski definition) is 2. The van der Waals surface area contributed by atoms with Gasteiger partial charge in [0, 0.05) is 23.4 Å². The highest BCUT2D eigenvalue weighted by molar-refractivity contribution is 9.10. The van der Waals surface area contributed by atoms with E-state index >= 15 is 0 Å². The van der Waals surface area contributed by atoms with E-state index < -0.39 is 0 Å². The van der Waals surface area contributed by atoms with Crippen molar-refractivity contribution in [3.8, 4) is 0 Å². The fourth-order valence-corrected chi connectivity index (χ4v) is 1.06. The summed E-state index contributed by atoms with van der Waals surface area (Å²) in [5, 5.41) is 8.32. The molecule has 1 aromatic rings. The van der Waals surface area contributed by atoms with E-state index in [0.717, 1.165) is 10.0 Å². The molecule has 10 heavy (non-hydrogen) atoms. The minimum atomic E-state index is 0.423. The van der Waals surface area contributed by atoms with Crippen LogP contribution in [0.3, 0.4) is 0 Å². The molecule has 3 nitrogen and oxygen atoms in total. The first-order valence-corrected chi connectivity index (χ1v) is 3.58. The lowest BCUT2D eigenvalue weighted by Gasteiger charge is -1.96. The molecule has 0 bridgehead atoms. The van der Waals surface area contributed by atoms with Crippen LogP contribution in [0.15, 0.2) is 22.9 Å². The van der Waals surface area contributed by atoms with Crippen LogP contribution >= 0.6 is 15.9 Å². The lowest BCUT2D eigenvalue weighted by atomic mass is 10.3. The van der Waals surface area contributed by atoms with Gasteiger partial charge in [0.05, 0.1) is 0 Å². The van der Waals surface area contributed by atoms with Gasteiger partial charge in [-0.1, -0.05) is 0 Å². The Labute approximate surface area is 67.2 Å². The first kappa shape index (κ1) is 7.65. The molecule has 0 amide bonds. The number of nitrogens with zero attached hydrogens (tertiary/aromatic N) is 1. The zero-order chi connectivity index (χ0) is 7.40. The molecular weight excluding hydrogens is 196 g/mol. The van der Waals surface area contributed by atoms with Crippen LogP contribution < -0.4 is 5.48 Å². The molecule has 0 aliphatic heterocycles. The van der Waals surface area contributed by atoms with E-state index in [0.29, 0.717) is 6.54 Å². The summed E-state index contributed by atoms with van der Waals surface area (Å²) in [6.45, 7) is 0.423. The van der Waals surface area contributed by atoms with Crippen molar-refractivity contribution in [2.24, 2.45) is 0 Å². The average Bonchev–Trinajstić information content (AvgIpc) is 1.88. The highest BCUT2D eigenvalue weighted by Crippen LogP contribution is 2.08. The highest BCUT2D eigenvalue weighted by atomic mass is 79.9. The van der Waals surface area contributed by atoms with Crippen molar-refractivity contribution in [1.82, 2.24) is 10.5 Å². The number of halogens is 1. The molecule has 1 rings (SSSR count). The number of aromatic nitrogens is 1. The van der Waals surface area contributed by atoms with Gasteiger partial charge >= 0.3 is 0 Å². The topological polar surface area (TPSA) is 45.1 Å². The summed E-state index contributed by atoms with van der Waals surface area (Å²) in [6, 6.07) is 1.89. The van der Waals surface area contributed by atoms with E-state index in [1.54, 1.807) is 12.4 Å². The zero-order valence-corrected chi connectivity index (χ0v) is 6.80. The van der Waals surface area contributed by atoms with Crippen LogP contribution in [-0.2, 0) is 6.54 Å². The van der Waals surface area contributed by atoms with Gasteiger partial charge < -0.3 is 5.21 Å². The summed E-state index contributed by atoms with van der Waals surface area (Å²) < 4.78 is 0.917. The van der Waals surface area contributed by atoms with Gasteiger partial charge in [-0.25, -0.2) is 5.48 Å². The van der Waals surface area contributed by atoms with Gasteiger partial charge in [-0.3, -0.25) is 4.98 Å². The molecule has 0 aliphatic carbocycles. The van der Waals surface area contributed by atoms with Crippen LogP contribution in [0, 0.1) is 0 Å². The molecule has 0 fully saturated rings. The smallest absolute Gasteiger partial charge is 0.0473 e. The number of hydroxylamine groups is 1. The second-order valence-electron chi connectivity index (χ2n) is 1.85. The van der Waals surface area contributed by atoms with E-state index in [-0.39, 0.29) is 0 Å². The van der Waals surface area contributed by atoms with E-state index in [4.69, 9.17) is 5.21 Å². The van der Waals surface area contributed by atoms with Crippen molar-refractivity contribution < 1.29 is 5.21 Å². The van der Waals surface area contributed by atoms with Gasteiger partial charge in [-0.05, 0) is 27.6 Å². The number of hydrogen-bond acceptors (Lipinski definition) is 3. The lowest BCUT2D eigenvalue weighted by Crippen LogP contribution is -2.05. The SMILES string of the molecule is ONCc1cncc(Br)c1. The van der Waals surface area contributed by atoms with Crippen LogP contribution in [-0.4, -0.2) is 10.2 Å². The molecule has 1 heterocycles. The van der Waals surface area contributed by atoms with Crippen LogP contribution in [0.25, 0.3) is 0 Å². The second-order valence-corrected chi connectivity index (χ2v) is 2.76. The van der Waals surface area contributed by atoms with Crippen molar-refractivity contribution in [3.05, 3.63) is 28.5 Å². The van der Waals surface area contributed by atoms with E-state index in [1.165, 1.54) is 0 Å². The molecule has 0 saturated heterocycles. The van der Waals surface area contributed by atoms with Crippen molar-refractivity contribution in [2.45, 2.75) is 6.54 Å². The molecule has 1 aromatic heterocycles. The summed E-state index contributed by atoms with van der Waals surface area (Å²) in [5.41, 5.74) is 2.99. The van der Waals surface area contributed by atoms with Crippen LogP contribution in [0.1, 0.15) is 5.56 Å². The largest absolute Gasteiger partial charge is 0.316 e. The minimum absolute atomic E-state index is 0.423. The normalized spacial score (nSPS) is 9.80. The Kier molecular flexibility index (Phi) is 2.80. The Bertz CT molecular complexity index is 217. The maximum absolute atomic E-state index is 8.32. The predicted molar refractivity (Wildman–Crippen MR) is 40.6 cm³/mol. The Morgan fingerprint density at radius 2 is 2.40 bits per heavy atom. The Hall–Kier alpha value is -0.450. The maximum atomic E-state index is 8.32. The zero-order valence-electron chi connectivity index (χ0n) is 5.21. The second kappa shape index (κ2) is 3.65. The van der Waals surface area contributed by atoms with Crippen LogP contribution in [0.2, 0.25) is 0 Å². The van der Waals surface area contributed by atoms with E-state index in [2.05, 4.69) is 26.4 Å². The fourth-order valence-electron chi connectivity index (χ4n) is 0.644. The highest BCUT2D eigenvalue weighted by Gasteiger charge is 1.91. The van der Waals surface area contributed by atoms with Crippen LogP contribution in [0.5, 0.6) is 0 Å². The van der Waals surface area contributed by atoms with E-state index in [9.17, 15) is 0 Å². The molecular formula is C6H7BrN2O. The first-order chi connectivity index (χ1) is 4.83. The van der Waals surface area contributed by atoms with Gasteiger partial charge in [0.25, 0.3) is 0 Å². The third-order valence-electron chi connectivity index (χ3n) is 1.04. The molecule has 4 heteroatoms. The summed E-state index contributed by atoms with van der Waals surface area (Å²) in [5.74, 6) is 0. The molecule has 0 atom stereocenters. The number of nitrogens with one attached hydrogen (secondary N) is 1. The molecule has 0 unspecified atom stereocenters. The minimum Gasteiger partial charge on any atom is -0.316 e. The van der Waals surface area contributed by atoms with Crippen molar-refractivity contribution in [3.63, 3.8) is 0 Å². The third-order valence-corrected chi connectivity index (χ3v) is 1.48. The van der Waals surface area contributed by atoms with Crippen molar-refractivity contribution in [2.75, 3.05) is 0 Å². The Morgan fingerprint density at radius 3 is 3.00 bits per heavy atom. The van der Waals surface area contributed by atoms with Gasteiger partial charge in [0.1, 0.15) is 0 Å². The summed E-state index contributed by atoms with van der Waals surface area (Å²) in [4.78, 5) is 3.90. The van der Waals surface area contributed by atoms with E-state index in [1.807, 2.05) is 6.07 Å². The Morgan fingerprint density at radius 1 is 1.60 bits per heavy atom. The van der Waals surface area contributed by atoms with Crippen LogP contribution in [0.4, 0.5) is 0 Å². The maximum Gasteiger partial charge on any atom is 0.0473 e. The van der Waals surface area contributed by atoms with Crippen molar-refractivity contribution >= 4 is 15.9 Å². The predicted octanol–water partition coefficient (Wildman–Crippen LogP) is 1.32. The van der Waals surface area contributed by atoms with Gasteiger partial charge in [-0.2, -0.15) is 0 Å². The molecule has 0 saturated carbocycles. The lowest BCUT2D eigenvalue weighted by molar-refractivity contribution is 0.161. The van der Waals surface area contributed by atoms with Crippen molar-refractivity contribution in [1.29, 1.82) is 0 Å². The molecule has 0 aromatic carbocycles. The standard InChI is InChI=1S/C6H7BrN2O/c7-6-1-5(3-9-10)2-8-4-6/h1-2,4,9-10H,3H2. The fraction of sp³-hybridized carbons (Fsp3) is 0.167.